The highest BCUT2D eigenvalue weighted by Crippen LogP contribution is 2.12. The zero-order valence-corrected chi connectivity index (χ0v) is 8.24. The van der Waals surface area contributed by atoms with Crippen LogP contribution in [0.15, 0.2) is 21.9 Å². The molecule has 0 radical (unpaired) electrons. The van der Waals surface area contributed by atoms with E-state index in [1.165, 1.54) is 6.21 Å². The Morgan fingerprint density at radius 1 is 1.67 bits per heavy atom. The van der Waals surface area contributed by atoms with Crippen LogP contribution in [0, 0.1) is 6.92 Å². The molecule has 0 aliphatic carbocycles. The van der Waals surface area contributed by atoms with Crippen molar-refractivity contribution in [3.05, 3.63) is 28.0 Å². The Hall–Kier alpha value is -0.900. The van der Waals surface area contributed by atoms with Crippen LogP contribution in [-0.4, -0.2) is 16.4 Å². The second kappa shape index (κ2) is 4.21. The molecule has 1 aromatic rings. The number of hydrogen-bond donors (Lipinski definition) is 1. The van der Waals surface area contributed by atoms with E-state index < -0.39 is 0 Å². The maximum absolute atomic E-state index is 8.18. The van der Waals surface area contributed by atoms with E-state index in [0.29, 0.717) is 6.42 Å². The van der Waals surface area contributed by atoms with Gasteiger partial charge in [-0.2, -0.15) is 0 Å². The summed E-state index contributed by atoms with van der Waals surface area (Å²) in [5, 5.41) is 11.1. The molecule has 3 nitrogen and oxygen atoms in total. The predicted molar refractivity (Wildman–Crippen MR) is 50.7 cm³/mol. The van der Waals surface area contributed by atoms with E-state index in [-0.39, 0.29) is 0 Å². The Labute approximate surface area is 79.3 Å². The number of rotatable bonds is 2. The topological polar surface area (TPSA) is 45.5 Å². The number of aromatic nitrogens is 1. The summed E-state index contributed by atoms with van der Waals surface area (Å²) in [6.07, 6.45) is 1.96. The molecule has 4 heteroatoms. The Morgan fingerprint density at radius 2 is 2.42 bits per heavy atom. The number of pyridine rings is 1. The summed E-state index contributed by atoms with van der Waals surface area (Å²) in [5.74, 6) is 0. The number of hydrogen-bond acceptors (Lipinski definition) is 3. The summed E-state index contributed by atoms with van der Waals surface area (Å²) in [5.41, 5.74) is 1.98. The van der Waals surface area contributed by atoms with E-state index in [2.05, 4.69) is 26.1 Å². The Kier molecular flexibility index (Phi) is 3.22. The molecule has 0 aromatic carbocycles. The molecule has 1 N–H and O–H groups in total. The van der Waals surface area contributed by atoms with Crippen molar-refractivity contribution < 1.29 is 5.21 Å². The highest BCUT2D eigenvalue weighted by molar-refractivity contribution is 9.10. The number of halogens is 1. The first-order valence-electron chi connectivity index (χ1n) is 3.52. The molecule has 0 saturated carbocycles. The van der Waals surface area contributed by atoms with Crippen LogP contribution in [0.25, 0.3) is 0 Å². The van der Waals surface area contributed by atoms with Crippen LogP contribution in [-0.2, 0) is 6.42 Å². The number of aryl methyl sites for hydroxylation is 1. The summed E-state index contributed by atoms with van der Waals surface area (Å²) in [4.78, 5) is 4.22. The van der Waals surface area contributed by atoms with Gasteiger partial charge in [-0.1, -0.05) is 6.07 Å². The quantitative estimate of drug-likeness (QED) is 0.365. The molecular weight excluding hydrogens is 220 g/mol. The van der Waals surface area contributed by atoms with Crippen LogP contribution in [0.4, 0.5) is 0 Å². The van der Waals surface area contributed by atoms with Gasteiger partial charge in [-0.05, 0) is 34.5 Å². The van der Waals surface area contributed by atoms with Gasteiger partial charge in [-0.15, -0.1) is 5.16 Å². The van der Waals surface area contributed by atoms with Crippen molar-refractivity contribution >= 4 is 22.1 Å². The second-order valence-electron chi connectivity index (χ2n) is 2.41. The van der Waals surface area contributed by atoms with Crippen molar-refractivity contribution in [3.8, 4) is 0 Å². The third-order valence-corrected chi connectivity index (χ3v) is 2.28. The number of oxime groups is 1. The SMILES string of the molecule is Cc1ccc(C/C=N/O)nc1Br. The van der Waals surface area contributed by atoms with Gasteiger partial charge in [0.25, 0.3) is 0 Å². The van der Waals surface area contributed by atoms with Gasteiger partial charge in [0.1, 0.15) is 4.60 Å². The number of nitrogens with zero attached hydrogens (tertiary/aromatic N) is 2. The first kappa shape index (κ1) is 9.19. The maximum atomic E-state index is 8.18. The minimum Gasteiger partial charge on any atom is -0.411 e. The molecule has 1 rings (SSSR count). The highest BCUT2D eigenvalue weighted by Gasteiger charge is 1.97. The average molecular weight is 229 g/mol. The van der Waals surface area contributed by atoms with Crippen LogP contribution < -0.4 is 0 Å². The first-order valence-corrected chi connectivity index (χ1v) is 4.31. The molecule has 0 atom stereocenters. The van der Waals surface area contributed by atoms with E-state index in [4.69, 9.17) is 5.21 Å². The van der Waals surface area contributed by atoms with Gasteiger partial charge in [-0.25, -0.2) is 4.98 Å². The lowest BCUT2D eigenvalue weighted by atomic mass is 10.2. The fraction of sp³-hybridized carbons (Fsp3) is 0.250. The molecule has 0 aliphatic rings. The smallest absolute Gasteiger partial charge is 0.109 e. The van der Waals surface area contributed by atoms with Gasteiger partial charge in [0.05, 0.1) is 0 Å². The van der Waals surface area contributed by atoms with Gasteiger partial charge < -0.3 is 5.21 Å². The normalized spacial score (nSPS) is 10.8. The summed E-state index contributed by atoms with van der Waals surface area (Å²) in [7, 11) is 0. The molecule has 0 fully saturated rings. The highest BCUT2D eigenvalue weighted by atomic mass is 79.9. The summed E-state index contributed by atoms with van der Waals surface area (Å²) in [6, 6.07) is 3.87. The molecule has 12 heavy (non-hydrogen) atoms. The van der Waals surface area contributed by atoms with E-state index in [9.17, 15) is 0 Å². The fourth-order valence-electron chi connectivity index (χ4n) is 0.790. The van der Waals surface area contributed by atoms with Crippen molar-refractivity contribution in [2.24, 2.45) is 5.16 Å². The molecule has 0 amide bonds. The van der Waals surface area contributed by atoms with Crippen molar-refractivity contribution in [2.75, 3.05) is 0 Å². The third kappa shape index (κ3) is 2.30. The second-order valence-corrected chi connectivity index (χ2v) is 3.16. The van der Waals surface area contributed by atoms with Crippen LogP contribution >= 0.6 is 15.9 Å². The fourth-order valence-corrected chi connectivity index (χ4v) is 1.15. The van der Waals surface area contributed by atoms with Crippen LogP contribution in [0.2, 0.25) is 0 Å². The molecule has 64 valence electrons. The van der Waals surface area contributed by atoms with Gasteiger partial charge in [0.15, 0.2) is 0 Å². The summed E-state index contributed by atoms with van der Waals surface area (Å²) in [6.45, 7) is 1.97. The Morgan fingerprint density at radius 3 is 3.00 bits per heavy atom. The lowest BCUT2D eigenvalue weighted by molar-refractivity contribution is 0.320. The van der Waals surface area contributed by atoms with Crippen molar-refractivity contribution in [1.29, 1.82) is 0 Å². The standard InChI is InChI=1S/C8H9BrN2O/c1-6-2-3-7(4-5-10-12)11-8(6)9/h2-3,5,12H,4H2,1H3/b10-5+. The van der Waals surface area contributed by atoms with E-state index >= 15 is 0 Å². The zero-order chi connectivity index (χ0) is 8.97. The molecule has 0 bridgehead atoms. The average Bonchev–Trinajstić information content (AvgIpc) is 2.07. The lowest BCUT2D eigenvalue weighted by Gasteiger charge is -1.98. The van der Waals surface area contributed by atoms with E-state index in [0.717, 1.165) is 15.9 Å². The van der Waals surface area contributed by atoms with Gasteiger partial charge >= 0.3 is 0 Å². The summed E-state index contributed by atoms with van der Waals surface area (Å²) < 4.78 is 0.839. The Bertz CT molecular complexity index is 299. The van der Waals surface area contributed by atoms with E-state index in [1.807, 2.05) is 19.1 Å². The van der Waals surface area contributed by atoms with Crippen LogP contribution in [0.3, 0.4) is 0 Å². The molecule has 1 heterocycles. The van der Waals surface area contributed by atoms with Crippen molar-refractivity contribution in [3.63, 3.8) is 0 Å². The largest absolute Gasteiger partial charge is 0.411 e. The minimum absolute atomic E-state index is 0.551. The third-order valence-electron chi connectivity index (χ3n) is 1.47. The monoisotopic (exact) mass is 228 g/mol. The van der Waals surface area contributed by atoms with Crippen LogP contribution in [0.1, 0.15) is 11.3 Å². The molecule has 0 aliphatic heterocycles. The molecule has 0 saturated heterocycles. The predicted octanol–water partition coefficient (Wildman–Crippen LogP) is 2.16. The zero-order valence-electron chi connectivity index (χ0n) is 6.66. The lowest BCUT2D eigenvalue weighted by Crippen LogP contribution is -1.92. The minimum atomic E-state index is 0.551. The van der Waals surface area contributed by atoms with Crippen molar-refractivity contribution in [2.45, 2.75) is 13.3 Å². The van der Waals surface area contributed by atoms with Crippen molar-refractivity contribution in [1.82, 2.24) is 4.98 Å². The van der Waals surface area contributed by atoms with Gasteiger partial charge in [-0.3, -0.25) is 0 Å². The molecule has 0 spiro atoms. The van der Waals surface area contributed by atoms with Gasteiger partial charge in [0, 0.05) is 18.3 Å². The molecular formula is C8H9BrN2O. The first-order chi connectivity index (χ1) is 5.74. The maximum Gasteiger partial charge on any atom is 0.109 e. The van der Waals surface area contributed by atoms with Crippen LogP contribution in [0.5, 0.6) is 0 Å². The Balaban J connectivity index is 2.82. The summed E-state index contributed by atoms with van der Waals surface area (Å²) >= 11 is 3.32. The van der Waals surface area contributed by atoms with Gasteiger partial charge in [0.2, 0.25) is 0 Å². The molecule has 1 aromatic heterocycles. The molecule has 0 unspecified atom stereocenters. The van der Waals surface area contributed by atoms with E-state index in [1.54, 1.807) is 0 Å².